The van der Waals surface area contributed by atoms with Gasteiger partial charge in [-0.2, -0.15) is 5.10 Å². The van der Waals surface area contributed by atoms with E-state index in [2.05, 4.69) is 15.4 Å². The lowest BCUT2D eigenvalue weighted by atomic mass is 10.1. The minimum Gasteiger partial charge on any atom is -0.507 e. The molecule has 122 valence electrons. The largest absolute Gasteiger partial charge is 0.507 e. The molecule has 0 aliphatic carbocycles. The second kappa shape index (κ2) is 6.54. The zero-order valence-electron chi connectivity index (χ0n) is 13.5. The van der Waals surface area contributed by atoms with Crippen LogP contribution in [0, 0.1) is 6.92 Å². The highest BCUT2D eigenvalue weighted by atomic mass is 16.3. The van der Waals surface area contributed by atoms with Crippen molar-refractivity contribution in [2.24, 2.45) is 0 Å². The Morgan fingerprint density at radius 1 is 1.21 bits per heavy atom. The molecule has 2 aromatic carbocycles. The fourth-order valence-electron chi connectivity index (χ4n) is 2.45. The van der Waals surface area contributed by atoms with E-state index in [4.69, 9.17) is 0 Å². The average molecular weight is 322 g/mol. The Morgan fingerprint density at radius 2 is 1.96 bits per heavy atom. The summed E-state index contributed by atoms with van der Waals surface area (Å²) < 4.78 is 1.66. The number of carbonyl (C=O) groups excluding carboxylic acids is 1. The number of carbonyl (C=O) groups is 1. The van der Waals surface area contributed by atoms with Gasteiger partial charge in [0.1, 0.15) is 18.4 Å². The van der Waals surface area contributed by atoms with Gasteiger partial charge in [0, 0.05) is 0 Å². The zero-order valence-corrected chi connectivity index (χ0v) is 13.5. The first-order valence-electron chi connectivity index (χ1n) is 7.60. The van der Waals surface area contributed by atoms with Crippen LogP contribution in [0.5, 0.6) is 5.75 Å². The summed E-state index contributed by atoms with van der Waals surface area (Å²) in [5.74, 6) is -0.318. The highest BCUT2D eigenvalue weighted by Gasteiger charge is 2.15. The summed E-state index contributed by atoms with van der Waals surface area (Å²) >= 11 is 0. The molecular weight excluding hydrogens is 304 g/mol. The van der Waals surface area contributed by atoms with Gasteiger partial charge < -0.3 is 10.4 Å². The van der Waals surface area contributed by atoms with Crippen molar-refractivity contribution in [3.8, 4) is 11.4 Å². The van der Waals surface area contributed by atoms with Gasteiger partial charge in [0.2, 0.25) is 0 Å². The van der Waals surface area contributed by atoms with Gasteiger partial charge in [-0.1, -0.05) is 18.2 Å². The second-order valence-electron chi connectivity index (χ2n) is 5.65. The Balaban J connectivity index is 1.72. The van der Waals surface area contributed by atoms with E-state index in [1.807, 2.05) is 38.1 Å². The van der Waals surface area contributed by atoms with Crippen LogP contribution in [0.3, 0.4) is 0 Å². The molecule has 3 rings (SSSR count). The number of phenols is 1. The number of hydrogen-bond donors (Lipinski definition) is 2. The number of amides is 1. The average Bonchev–Trinajstić information content (AvgIpc) is 3.09. The van der Waals surface area contributed by atoms with E-state index in [1.54, 1.807) is 29.2 Å². The van der Waals surface area contributed by atoms with Gasteiger partial charge in [-0.15, -0.1) is 0 Å². The van der Waals surface area contributed by atoms with Crippen LogP contribution in [0.1, 0.15) is 34.5 Å². The van der Waals surface area contributed by atoms with Crippen molar-refractivity contribution >= 4 is 5.91 Å². The lowest BCUT2D eigenvalue weighted by molar-refractivity contribution is 0.0937. The van der Waals surface area contributed by atoms with Gasteiger partial charge in [-0.25, -0.2) is 9.67 Å². The predicted molar refractivity (Wildman–Crippen MR) is 90.1 cm³/mol. The standard InChI is InChI=1S/C18H18N4O2/c1-12-3-8-16(17(23)9-12)18(24)21-13(2)14-4-6-15(7-5-14)22-11-19-10-20-22/h3-11,13,23H,1-2H3,(H,21,24). The normalized spacial score (nSPS) is 11.9. The maximum absolute atomic E-state index is 12.3. The Morgan fingerprint density at radius 3 is 2.58 bits per heavy atom. The molecule has 0 saturated carbocycles. The predicted octanol–water partition coefficient (Wildman–Crippen LogP) is 2.77. The van der Waals surface area contributed by atoms with E-state index in [0.717, 1.165) is 16.8 Å². The van der Waals surface area contributed by atoms with E-state index in [0.29, 0.717) is 0 Å². The van der Waals surface area contributed by atoms with Gasteiger partial charge in [0.15, 0.2) is 0 Å². The molecule has 24 heavy (non-hydrogen) atoms. The van der Waals surface area contributed by atoms with Crippen molar-refractivity contribution in [2.45, 2.75) is 19.9 Å². The third-order valence-corrected chi connectivity index (χ3v) is 3.82. The Kier molecular flexibility index (Phi) is 4.29. The molecular formula is C18H18N4O2. The number of hydrogen-bond acceptors (Lipinski definition) is 4. The monoisotopic (exact) mass is 322 g/mol. The molecule has 1 unspecified atom stereocenters. The van der Waals surface area contributed by atoms with Gasteiger partial charge in [0.05, 0.1) is 17.3 Å². The van der Waals surface area contributed by atoms with Gasteiger partial charge in [-0.05, 0) is 49.2 Å². The molecule has 0 aliphatic rings. The maximum Gasteiger partial charge on any atom is 0.255 e. The fraction of sp³-hybridized carbons (Fsp3) is 0.167. The number of benzene rings is 2. The topological polar surface area (TPSA) is 80.0 Å². The number of aryl methyl sites for hydroxylation is 1. The van der Waals surface area contributed by atoms with Crippen LogP contribution < -0.4 is 5.32 Å². The van der Waals surface area contributed by atoms with E-state index in [9.17, 15) is 9.90 Å². The third kappa shape index (κ3) is 3.27. The SMILES string of the molecule is Cc1ccc(C(=O)NC(C)c2ccc(-n3cncn3)cc2)c(O)c1. The summed E-state index contributed by atoms with van der Waals surface area (Å²) in [7, 11) is 0. The van der Waals surface area contributed by atoms with Crippen LogP contribution >= 0.6 is 0 Å². The number of nitrogens with one attached hydrogen (secondary N) is 1. The summed E-state index contributed by atoms with van der Waals surface area (Å²) in [6, 6.07) is 12.5. The Labute approximate surface area is 139 Å². The fourth-order valence-corrected chi connectivity index (χ4v) is 2.45. The molecule has 6 nitrogen and oxygen atoms in total. The van der Waals surface area contributed by atoms with E-state index >= 15 is 0 Å². The summed E-state index contributed by atoms with van der Waals surface area (Å²) in [5.41, 5.74) is 3.03. The molecule has 0 bridgehead atoms. The van der Waals surface area contributed by atoms with Crippen molar-refractivity contribution in [3.05, 3.63) is 71.8 Å². The molecule has 1 atom stereocenters. The molecule has 1 amide bonds. The minimum atomic E-state index is -0.305. The molecule has 0 spiro atoms. The quantitative estimate of drug-likeness (QED) is 0.774. The molecule has 2 N–H and O–H groups in total. The number of aromatic nitrogens is 3. The molecule has 0 aliphatic heterocycles. The van der Waals surface area contributed by atoms with E-state index in [1.165, 1.54) is 6.33 Å². The summed E-state index contributed by atoms with van der Waals surface area (Å²) in [6.45, 7) is 3.76. The van der Waals surface area contributed by atoms with Crippen molar-refractivity contribution in [1.82, 2.24) is 20.1 Å². The van der Waals surface area contributed by atoms with Crippen LogP contribution in [0.4, 0.5) is 0 Å². The Bertz CT molecular complexity index is 842. The highest BCUT2D eigenvalue weighted by molar-refractivity contribution is 5.97. The van der Waals surface area contributed by atoms with Crippen LogP contribution in [-0.4, -0.2) is 25.8 Å². The first kappa shape index (κ1) is 15.7. The molecule has 1 aromatic heterocycles. The smallest absolute Gasteiger partial charge is 0.255 e. The van der Waals surface area contributed by atoms with E-state index in [-0.39, 0.29) is 23.3 Å². The van der Waals surface area contributed by atoms with Crippen LogP contribution in [0.25, 0.3) is 5.69 Å². The zero-order chi connectivity index (χ0) is 17.1. The molecule has 6 heteroatoms. The second-order valence-corrected chi connectivity index (χ2v) is 5.65. The van der Waals surface area contributed by atoms with Crippen molar-refractivity contribution in [2.75, 3.05) is 0 Å². The van der Waals surface area contributed by atoms with Crippen LogP contribution in [-0.2, 0) is 0 Å². The lowest BCUT2D eigenvalue weighted by Crippen LogP contribution is -2.26. The van der Waals surface area contributed by atoms with Gasteiger partial charge in [0.25, 0.3) is 5.91 Å². The Hall–Kier alpha value is -3.15. The van der Waals surface area contributed by atoms with Gasteiger partial charge in [-0.3, -0.25) is 4.79 Å². The third-order valence-electron chi connectivity index (χ3n) is 3.82. The van der Waals surface area contributed by atoms with Crippen molar-refractivity contribution < 1.29 is 9.90 Å². The molecule has 0 saturated heterocycles. The summed E-state index contributed by atoms with van der Waals surface area (Å²) in [5, 5.41) is 16.9. The first-order chi connectivity index (χ1) is 11.5. The van der Waals surface area contributed by atoms with Crippen molar-refractivity contribution in [3.63, 3.8) is 0 Å². The number of aromatic hydroxyl groups is 1. The van der Waals surface area contributed by atoms with Crippen molar-refractivity contribution in [1.29, 1.82) is 0 Å². The maximum atomic E-state index is 12.3. The minimum absolute atomic E-state index is 0.0127. The molecule has 1 heterocycles. The molecule has 0 radical (unpaired) electrons. The van der Waals surface area contributed by atoms with E-state index < -0.39 is 0 Å². The number of phenolic OH excluding ortho intramolecular Hbond substituents is 1. The summed E-state index contributed by atoms with van der Waals surface area (Å²) in [6.07, 6.45) is 3.10. The lowest BCUT2D eigenvalue weighted by Gasteiger charge is -2.15. The molecule has 3 aromatic rings. The first-order valence-corrected chi connectivity index (χ1v) is 7.60. The number of rotatable bonds is 4. The molecule has 0 fully saturated rings. The number of nitrogens with zero attached hydrogens (tertiary/aromatic N) is 3. The van der Waals surface area contributed by atoms with Crippen LogP contribution in [0.2, 0.25) is 0 Å². The van der Waals surface area contributed by atoms with Gasteiger partial charge >= 0.3 is 0 Å². The summed E-state index contributed by atoms with van der Waals surface area (Å²) in [4.78, 5) is 16.2. The van der Waals surface area contributed by atoms with Crippen LogP contribution in [0.15, 0.2) is 55.1 Å². The highest BCUT2D eigenvalue weighted by Crippen LogP contribution is 2.20.